The SMILES string of the molecule is C=CC(=O)OC12C3CCC(C3)C1C1CCC2(C(=O)OC(C)(C)C)C1. The lowest BCUT2D eigenvalue weighted by atomic mass is 9.60. The lowest BCUT2D eigenvalue weighted by Crippen LogP contribution is -2.60. The van der Waals surface area contributed by atoms with E-state index in [0.717, 1.165) is 32.1 Å². The molecule has 4 saturated carbocycles. The van der Waals surface area contributed by atoms with Crippen LogP contribution in [0.1, 0.15) is 59.3 Å². The maximum Gasteiger partial charge on any atom is 0.330 e. The fourth-order valence-corrected chi connectivity index (χ4v) is 6.72. The molecule has 0 aliphatic heterocycles. The molecule has 132 valence electrons. The summed E-state index contributed by atoms with van der Waals surface area (Å²) in [4.78, 5) is 25.5. The third-order valence-corrected chi connectivity index (χ3v) is 7.12. The monoisotopic (exact) mass is 332 g/mol. The highest BCUT2D eigenvalue weighted by Gasteiger charge is 2.80. The largest absolute Gasteiger partial charge is 0.459 e. The molecule has 4 aliphatic carbocycles. The molecule has 0 aromatic heterocycles. The number of esters is 2. The Labute approximate surface area is 144 Å². The van der Waals surface area contributed by atoms with E-state index < -0.39 is 16.6 Å². The lowest BCUT2D eigenvalue weighted by Gasteiger charge is -2.51. The molecule has 4 heteroatoms. The van der Waals surface area contributed by atoms with E-state index >= 15 is 0 Å². The Morgan fingerprint density at radius 2 is 1.92 bits per heavy atom. The number of carbonyl (C=O) groups is 2. The summed E-state index contributed by atoms with van der Waals surface area (Å²) in [5, 5.41) is 0. The molecular weight excluding hydrogens is 304 g/mol. The number of fused-ring (bicyclic) bond motifs is 9. The molecule has 0 N–H and O–H groups in total. The zero-order chi connectivity index (χ0) is 17.3. The smallest absolute Gasteiger partial charge is 0.330 e. The lowest BCUT2D eigenvalue weighted by molar-refractivity contribution is -0.211. The zero-order valence-corrected chi connectivity index (χ0v) is 15.0. The fraction of sp³-hybridized carbons (Fsp3) is 0.800. The molecular formula is C20H28O4. The summed E-state index contributed by atoms with van der Waals surface area (Å²) >= 11 is 0. The van der Waals surface area contributed by atoms with E-state index in [0.29, 0.717) is 23.7 Å². The van der Waals surface area contributed by atoms with E-state index in [9.17, 15) is 9.59 Å². The summed E-state index contributed by atoms with van der Waals surface area (Å²) in [5.41, 5.74) is -1.82. The summed E-state index contributed by atoms with van der Waals surface area (Å²) < 4.78 is 12.0. The van der Waals surface area contributed by atoms with Gasteiger partial charge < -0.3 is 9.47 Å². The van der Waals surface area contributed by atoms with E-state index in [4.69, 9.17) is 9.47 Å². The second-order valence-electron chi connectivity index (χ2n) is 9.30. The molecule has 0 aromatic rings. The summed E-state index contributed by atoms with van der Waals surface area (Å²) in [7, 11) is 0. The number of carbonyl (C=O) groups excluding carboxylic acids is 2. The third-order valence-electron chi connectivity index (χ3n) is 7.12. The van der Waals surface area contributed by atoms with E-state index in [1.54, 1.807) is 0 Å². The zero-order valence-electron chi connectivity index (χ0n) is 15.0. The fourth-order valence-electron chi connectivity index (χ4n) is 6.72. The Hall–Kier alpha value is -1.32. The van der Waals surface area contributed by atoms with E-state index in [2.05, 4.69) is 6.58 Å². The van der Waals surface area contributed by atoms with Gasteiger partial charge in [-0.1, -0.05) is 6.58 Å². The Morgan fingerprint density at radius 1 is 1.17 bits per heavy atom. The van der Waals surface area contributed by atoms with Crippen LogP contribution in [0.4, 0.5) is 0 Å². The molecule has 4 aliphatic rings. The molecule has 0 radical (unpaired) electrons. The highest BCUT2D eigenvalue weighted by Crippen LogP contribution is 2.76. The first-order valence-electron chi connectivity index (χ1n) is 9.32. The maximum absolute atomic E-state index is 13.3. The first-order chi connectivity index (χ1) is 11.2. The molecule has 4 fully saturated rings. The highest BCUT2D eigenvalue weighted by molar-refractivity contribution is 5.85. The van der Waals surface area contributed by atoms with Crippen LogP contribution in [0, 0.1) is 29.1 Å². The molecule has 0 saturated heterocycles. The Bertz CT molecular complexity index is 603. The first-order valence-corrected chi connectivity index (χ1v) is 9.32. The predicted octanol–water partition coefficient (Wildman–Crippen LogP) is 3.64. The Morgan fingerprint density at radius 3 is 2.58 bits per heavy atom. The van der Waals surface area contributed by atoms with Gasteiger partial charge in [-0.15, -0.1) is 0 Å². The van der Waals surface area contributed by atoms with Crippen molar-refractivity contribution in [3.05, 3.63) is 12.7 Å². The minimum atomic E-state index is -0.646. The van der Waals surface area contributed by atoms with Crippen LogP contribution < -0.4 is 0 Å². The van der Waals surface area contributed by atoms with Gasteiger partial charge >= 0.3 is 11.9 Å². The van der Waals surface area contributed by atoms with Crippen LogP contribution in [0.2, 0.25) is 0 Å². The van der Waals surface area contributed by atoms with Gasteiger partial charge in [-0.05, 0) is 71.1 Å². The van der Waals surface area contributed by atoms with Gasteiger partial charge in [0.1, 0.15) is 16.6 Å². The van der Waals surface area contributed by atoms with Crippen molar-refractivity contribution in [2.75, 3.05) is 0 Å². The van der Waals surface area contributed by atoms with Gasteiger partial charge in [-0.25, -0.2) is 4.79 Å². The van der Waals surface area contributed by atoms with E-state index in [1.165, 1.54) is 12.5 Å². The summed E-state index contributed by atoms with van der Waals surface area (Å²) in [6, 6.07) is 0. The summed E-state index contributed by atoms with van der Waals surface area (Å²) in [5.74, 6) is 1.19. The van der Waals surface area contributed by atoms with Crippen molar-refractivity contribution < 1.29 is 19.1 Å². The second kappa shape index (κ2) is 4.86. The van der Waals surface area contributed by atoms with Crippen LogP contribution in [0.3, 0.4) is 0 Å². The van der Waals surface area contributed by atoms with Gasteiger partial charge in [0, 0.05) is 17.9 Å². The van der Waals surface area contributed by atoms with Crippen molar-refractivity contribution in [3.8, 4) is 0 Å². The van der Waals surface area contributed by atoms with Gasteiger partial charge in [0.2, 0.25) is 0 Å². The quantitative estimate of drug-likeness (QED) is 0.450. The van der Waals surface area contributed by atoms with E-state index in [1.807, 2.05) is 20.8 Å². The van der Waals surface area contributed by atoms with Gasteiger partial charge in [0.15, 0.2) is 0 Å². The van der Waals surface area contributed by atoms with Gasteiger partial charge in [0.25, 0.3) is 0 Å². The topological polar surface area (TPSA) is 52.6 Å². The van der Waals surface area contributed by atoms with Crippen LogP contribution in [0.5, 0.6) is 0 Å². The average molecular weight is 332 g/mol. The van der Waals surface area contributed by atoms with Crippen LogP contribution in [-0.4, -0.2) is 23.1 Å². The van der Waals surface area contributed by atoms with Crippen molar-refractivity contribution >= 4 is 11.9 Å². The number of rotatable bonds is 3. The molecule has 6 unspecified atom stereocenters. The van der Waals surface area contributed by atoms with Crippen molar-refractivity contribution in [1.82, 2.24) is 0 Å². The minimum Gasteiger partial charge on any atom is -0.459 e. The average Bonchev–Trinajstić information content (AvgIpc) is 3.22. The van der Waals surface area contributed by atoms with Crippen LogP contribution in [-0.2, 0) is 19.1 Å². The van der Waals surface area contributed by atoms with Crippen molar-refractivity contribution in [2.24, 2.45) is 29.1 Å². The number of hydrogen-bond donors (Lipinski definition) is 0. The minimum absolute atomic E-state index is 0.149. The van der Waals surface area contributed by atoms with E-state index in [-0.39, 0.29) is 11.9 Å². The third kappa shape index (κ3) is 1.86. The van der Waals surface area contributed by atoms with Crippen LogP contribution in [0.15, 0.2) is 12.7 Å². The molecule has 4 rings (SSSR count). The van der Waals surface area contributed by atoms with Crippen molar-refractivity contribution in [1.29, 1.82) is 0 Å². The summed E-state index contributed by atoms with van der Waals surface area (Å²) in [6.45, 7) is 9.29. The molecule has 0 heterocycles. The Kier molecular flexibility index (Phi) is 3.27. The van der Waals surface area contributed by atoms with Gasteiger partial charge in [0.05, 0.1) is 0 Å². The summed E-state index contributed by atoms with van der Waals surface area (Å²) in [6.07, 6.45) is 7.27. The highest BCUT2D eigenvalue weighted by atomic mass is 16.6. The number of hydrogen-bond acceptors (Lipinski definition) is 4. The predicted molar refractivity (Wildman–Crippen MR) is 89.0 cm³/mol. The molecule has 4 bridgehead atoms. The molecule has 4 nitrogen and oxygen atoms in total. The molecule has 24 heavy (non-hydrogen) atoms. The van der Waals surface area contributed by atoms with Crippen molar-refractivity contribution in [3.63, 3.8) is 0 Å². The molecule has 0 spiro atoms. The normalized spacial score (nSPS) is 45.1. The molecule has 6 atom stereocenters. The van der Waals surface area contributed by atoms with Crippen LogP contribution in [0.25, 0.3) is 0 Å². The maximum atomic E-state index is 13.3. The number of ether oxygens (including phenoxy) is 2. The van der Waals surface area contributed by atoms with Gasteiger partial charge in [-0.2, -0.15) is 0 Å². The second-order valence-corrected chi connectivity index (χ2v) is 9.30. The standard InChI is InChI=1S/C20H28O4/c1-5-15(21)23-20-14-7-6-12(10-14)16(20)13-8-9-19(20,11-13)17(22)24-18(2,3)4/h5,12-14,16H,1,6-11H2,2-4H3. The molecule has 0 amide bonds. The Balaban J connectivity index is 1.78. The van der Waals surface area contributed by atoms with Crippen molar-refractivity contribution in [2.45, 2.75) is 70.5 Å². The first kappa shape index (κ1) is 16.2. The van der Waals surface area contributed by atoms with Gasteiger partial charge in [-0.3, -0.25) is 4.79 Å². The van der Waals surface area contributed by atoms with Crippen LogP contribution >= 0.6 is 0 Å². The molecule has 0 aromatic carbocycles.